The van der Waals surface area contributed by atoms with Crippen LogP contribution in [0.2, 0.25) is 0 Å². The van der Waals surface area contributed by atoms with Crippen LogP contribution in [-0.2, 0) is 40.5 Å². The van der Waals surface area contributed by atoms with Crippen LogP contribution in [0.15, 0.2) is 105 Å². The number of hydrogen-bond donors (Lipinski definition) is 12. The van der Waals surface area contributed by atoms with Crippen LogP contribution >= 0.6 is 0 Å². The normalized spacial score (nSPS) is 12.0. The molecule has 33 heteroatoms. The number of benzene rings is 4. The average Bonchev–Trinajstić information content (AvgIpc) is 3.30. The Morgan fingerprint density at radius 3 is 1.00 bits per heavy atom. The second kappa shape index (κ2) is 24.8. The van der Waals surface area contributed by atoms with Crippen molar-refractivity contribution in [1.29, 1.82) is 0 Å². The number of nitrogens with zero attached hydrogens (tertiary/aromatic N) is 8. The molecule has 0 aliphatic heterocycles. The van der Waals surface area contributed by atoms with E-state index in [1.807, 2.05) is 0 Å². The maximum atomic E-state index is 12.8. The van der Waals surface area contributed by atoms with Gasteiger partial charge in [-0.2, -0.15) is 63.6 Å². The maximum absolute atomic E-state index is 12.8. The molecule has 0 saturated carbocycles. The summed E-state index contributed by atoms with van der Waals surface area (Å²) >= 11 is 0. The summed E-state index contributed by atoms with van der Waals surface area (Å²) in [6.45, 7) is -1.83. The van der Waals surface area contributed by atoms with Gasteiger partial charge in [-0.05, 0) is 71.8 Å². The zero-order chi connectivity index (χ0) is 52.4. The van der Waals surface area contributed by atoms with Crippen molar-refractivity contribution in [3.63, 3.8) is 0 Å². The number of rotatable bonds is 24. The van der Waals surface area contributed by atoms with Gasteiger partial charge in [-0.15, -0.1) is 0 Å². The topological polar surface area (TPSA) is 430 Å². The largest absolute Gasteiger partial charge is 1.00 e. The number of hydrogen-bond acceptors (Lipinski definition) is 24. The molecule has 2 aromatic heterocycles. The van der Waals surface area contributed by atoms with Gasteiger partial charge in [-0.1, -0.05) is 36.4 Å². The molecule has 4 aromatic carbocycles. The summed E-state index contributed by atoms with van der Waals surface area (Å²) in [5.74, 6) is -1.18. The Kier molecular flexibility index (Phi) is 19.6. The van der Waals surface area contributed by atoms with Gasteiger partial charge in [-0.25, -0.2) is 0 Å². The molecular weight excluding hydrogens is 1060 g/mol. The molecule has 0 amide bonds. The molecule has 0 bridgehead atoms. The van der Waals surface area contributed by atoms with Crippen molar-refractivity contribution in [3.8, 4) is 0 Å². The van der Waals surface area contributed by atoms with E-state index < -0.39 is 86.5 Å². The second-order valence-corrected chi connectivity index (χ2v) is 20.4. The van der Waals surface area contributed by atoms with E-state index >= 15 is 0 Å². The van der Waals surface area contributed by atoms with Gasteiger partial charge in [0.25, 0.3) is 40.5 Å². The van der Waals surface area contributed by atoms with Crippen LogP contribution in [0.4, 0.5) is 58.4 Å². The molecule has 0 unspecified atom stereocenters. The Morgan fingerprint density at radius 2 is 0.726 bits per heavy atom. The van der Waals surface area contributed by atoms with Crippen LogP contribution in [0.1, 0.15) is 12.6 Å². The van der Waals surface area contributed by atoms with Gasteiger partial charge in [0.05, 0.1) is 36.2 Å². The standard InChI is InChI=1S/C40H44N12O16S4.Na.H/c53-17-13-51(14-18-54)39-47-35(41-27-3-1-5-31(21-27)69(57,58)59)45-37(49-39)43-29-11-9-25(33(23-29)71(63,64)65)7-8-26-10-12-30(24-34(26)72(66,67)68)44-38-46-36(48-40(50-38)52(15-19-55)16-20-56)42-28-4-2-6-32(22-28)70(60,61)62;;/h1-12,21-24,53-56H,13-20H2,(H,57,58,59)(H,60,61,62)(H,63,64,65)(H,66,67,68)(H2,41,43,45,47,49)(H2,42,44,46,48,50);;/q;+1;-1. The number of aliphatic hydroxyl groups is 4. The van der Waals surface area contributed by atoms with Crippen molar-refractivity contribution in [2.45, 2.75) is 19.6 Å². The van der Waals surface area contributed by atoms with E-state index in [1.54, 1.807) is 0 Å². The summed E-state index contributed by atoms with van der Waals surface area (Å²) in [6, 6.07) is 17.0. The van der Waals surface area contributed by atoms with E-state index in [-0.39, 0.29) is 127 Å². The van der Waals surface area contributed by atoms with E-state index in [0.29, 0.717) is 0 Å². The molecule has 12 N–H and O–H groups in total. The molecule has 0 fully saturated rings. The Bertz CT molecular complexity index is 3210. The minimum Gasteiger partial charge on any atom is -1.00 e. The molecule has 6 rings (SSSR count). The minimum absolute atomic E-state index is 0. The molecule has 0 aliphatic rings. The minimum atomic E-state index is -5.04. The van der Waals surface area contributed by atoms with Crippen molar-refractivity contribution in [1.82, 2.24) is 29.9 Å². The predicted molar refractivity (Wildman–Crippen MR) is 261 cm³/mol. The summed E-state index contributed by atoms with van der Waals surface area (Å²) in [7, 11) is -19.3. The molecule has 6 aromatic rings. The van der Waals surface area contributed by atoms with Gasteiger partial charge in [0, 0.05) is 48.9 Å². The average molecular weight is 1100 g/mol. The predicted octanol–water partition coefficient (Wildman–Crippen LogP) is -1.11. The van der Waals surface area contributed by atoms with Crippen molar-refractivity contribution in [2.75, 3.05) is 83.7 Å². The van der Waals surface area contributed by atoms with Gasteiger partial charge >= 0.3 is 29.6 Å². The first-order valence-electron chi connectivity index (χ1n) is 20.6. The third-order valence-corrected chi connectivity index (χ3v) is 13.1. The monoisotopic (exact) mass is 1100 g/mol. The molecule has 73 heavy (non-hydrogen) atoms. The molecule has 28 nitrogen and oxygen atoms in total. The molecule has 0 spiro atoms. The van der Waals surface area contributed by atoms with E-state index in [2.05, 4.69) is 51.2 Å². The molecule has 0 atom stereocenters. The van der Waals surface area contributed by atoms with Crippen molar-refractivity contribution >= 4 is 111 Å². The Labute approximate surface area is 440 Å². The van der Waals surface area contributed by atoms with E-state index in [1.165, 1.54) is 58.3 Å². The Morgan fingerprint density at radius 1 is 0.425 bits per heavy atom. The third kappa shape index (κ3) is 16.2. The van der Waals surface area contributed by atoms with Crippen LogP contribution in [0.25, 0.3) is 12.2 Å². The Hall–Kier alpha value is -6.08. The summed E-state index contributed by atoms with van der Waals surface area (Å²) < 4.78 is 138. The molecule has 2 heterocycles. The summed E-state index contributed by atoms with van der Waals surface area (Å²) in [5, 5.41) is 49.7. The van der Waals surface area contributed by atoms with Crippen molar-refractivity contribution in [3.05, 3.63) is 96.1 Å². The fourth-order valence-electron chi connectivity index (χ4n) is 6.45. The smallest absolute Gasteiger partial charge is 1.00 e. The quantitative estimate of drug-likeness (QED) is 0.0194. The van der Waals surface area contributed by atoms with Gasteiger partial charge in [0.2, 0.25) is 35.7 Å². The SMILES string of the molecule is O=S(=O)(O)c1cccc(Nc2nc(Nc3ccc(C=Cc4ccc(Nc5nc(Nc6cccc(S(=O)(=O)O)c6)nc(N(CCO)CCO)n5)cc4S(=O)(=O)O)c(S(=O)(=O)O)c3)nc(N(CCO)CCO)n2)c1.[H-].[Na+]. The summed E-state index contributed by atoms with van der Waals surface area (Å²) in [5.41, 5.74) is -0.244. The number of nitrogens with one attached hydrogen (secondary N) is 4. The van der Waals surface area contributed by atoms with Gasteiger partial charge in [0.1, 0.15) is 9.79 Å². The number of anilines is 10. The maximum Gasteiger partial charge on any atom is 1.00 e. The van der Waals surface area contributed by atoms with Crippen molar-refractivity contribution in [2.24, 2.45) is 0 Å². The van der Waals surface area contributed by atoms with Gasteiger partial charge in [0.15, 0.2) is 0 Å². The van der Waals surface area contributed by atoms with Crippen LogP contribution in [0.3, 0.4) is 0 Å². The summed E-state index contributed by atoms with van der Waals surface area (Å²) in [6.07, 6.45) is 2.25. The molecule has 0 aliphatic carbocycles. The fraction of sp³-hybridized carbons (Fsp3) is 0.200. The van der Waals surface area contributed by atoms with Crippen LogP contribution in [0.5, 0.6) is 0 Å². The second-order valence-electron chi connectivity index (χ2n) is 14.7. The van der Waals surface area contributed by atoms with Crippen LogP contribution in [0, 0.1) is 0 Å². The van der Waals surface area contributed by atoms with Crippen LogP contribution in [-0.4, -0.2) is 155 Å². The van der Waals surface area contributed by atoms with E-state index in [0.717, 1.165) is 48.6 Å². The number of aliphatic hydroxyl groups excluding tert-OH is 4. The number of aromatic nitrogens is 6. The zero-order valence-corrected chi connectivity index (χ0v) is 43.2. The molecular formula is C40H45N12NaO16S4. The van der Waals surface area contributed by atoms with Gasteiger partial charge in [-0.3, -0.25) is 18.2 Å². The van der Waals surface area contributed by atoms with E-state index in [9.17, 15) is 72.3 Å². The Balaban J connectivity index is 0.00000593. The molecule has 0 radical (unpaired) electrons. The molecule has 386 valence electrons. The molecule has 0 saturated heterocycles. The first-order chi connectivity index (χ1) is 34.0. The fourth-order valence-corrected chi connectivity index (χ4v) is 8.93. The first kappa shape index (κ1) is 57.8. The van der Waals surface area contributed by atoms with E-state index in [4.69, 9.17) is 0 Å². The first-order valence-corrected chi connectivity index (χ1v) is 26.3. The van der Waals surface area contributed by atoms with Crippen LogP contribution < -0.4 is 60.6 Å². The zero-order valence-electron chi connectivity index (χ0n) is 38.9. The van der Waals surface area contributed by atoms with Crippen molar-refractivity contribution < 1.29 is 103 Å². The summed E-state index contributed by atoms with van der Waals surface area (Å²) in [4.78, 5) is 26.1. The third-order valence-electron chi connectivity index (χ3n) is 9.61. The van der Waals surface area contributed by atoms with Gasteiger partial charge < -0.3 is 52.9 Å².